The van der Waals surface area contributed by atoms with Gasteiger partial charge in [-0.1, -0.05) is 53.9 Å². The van der Waals surface area contributed by atoms with Crippen molar-refractivity contribution in [1.29, 1.82) is 0 Å². The third-order valence-corrected chi connectivity index (χ3v) is 4.89. The van der Waals surface area contributed by atoms with Gasteiger partial charge in [0.15, 0.2) is 0 Å². The molecule has 2 rings (SSSR count). The second kappa shape index (κ2) is 6.72. The van der Waals surface area contributed by atoms with Crippen molar-refractivity contribution >= 4 is 15.9 Å². The van der Waals surface area contributed by atoms with E-state index in [2.05, 4.69) is 52.4 Å². The Bertz CT molecular complexity index is 369. The van der Waals surface area contributed by atoms with Gasteiger partial charge in [0.1, 0.15) is 0 Å². The summed E-state index contributed by atoms with van der Waals surface area (Å²) in [5.74, 6) is 0. The molecule has 0 spiro atoms. The highest BCUT2D eigenvalue weighted by atomic mass is 79.9. The van der Waals surface area contributed by atoms with Crippen LogP contribution in [0, 0.1) is 5.41 Å². The SMILES string of the molecule is CCCNCC1(Cc2ccccc2Br)CCCC1. The quantitative estimate of drug-likeness (QED) is 0.760. The van der Waals surface area contributed by atoms with Crippen LogP contribution in [-0.2, 0) is 6.42 Å². The normalized spacial score (nSPS) is 18.1. The smallest absolute Gasteiger partial charge is 0.0207 e. The summed E-state index contributed by atoms with van der Waals surface area (Å²) >= 11 is 3.69. The Labute approximate surface area is 119 Å². The molecule has 100 valence electrons. The predicted molar refractivity (Wildman–Crippen MR) is 81.9 cm³/mol. The largest absolute Gasteiger partial charge is 0.316 e. The van der Waals surface area contributed by atoms with E-state index < -0.39 is 0 Å². The maximum atomic E-state index is 3.69. The van der Waals surface area contributed by atoms with Crippen molar-refractivity contribution < 1.29 is 0 Å². The average Bonchev–Trinajstić information content (AvgIpc) is 2.82. The highest BCUT2D eigenvalue weighted by molar-refractivity contribution is 9.10. The van der Waals surface area contributed by atoms with Crippen LogP contribution in [0.1, 0.15) is 44.6 Å². The molecule has 1 fully saturated rings. The highest BCUT2D eigenvalue weighted by Gasteiger charge is 2.33. The Balaban J connectivity index is 2.04. The minimum atomic E-state index is 0.499. The zero-order valence-electron chi connectivity index (χ0n) is 11.3. The van der Waals surface area contributed by atoms with E-state index in [0.717, 1.165) is 6.54 Å². The number of benzene rings is 1. The molecule has 0 aromatic heterocycles. The first-order valence-corrected chi connectivity index (χ1v) is 7.99. The molecule has 0 aliphatic heterocycles. The molecule has 1 aromatic carbocycles. The monoisotopic (exact) mass is 309 g/mol. The highest BCUT2D eigenvalue weighted by Crippen LogP contribution is 2.41. The van der Waals surface area contributed by atoms with Crippen molar-refractivity contribution in [3.63, 3.8) is 0 Å². The Morgan fingerprint density at radius 1 is 1.22 bits per heavy atom. The van der Waals surface area contributed by atoms with E-state index in [1.54, 1.807) is 0 Å². The molecule has 0 radical (unpaired) electrons. The average molecular weight is 310 g/mol. The summed E-state index contributed by atoms with van der Waals surface area (Å²) in [6, 6.07) is 8.69. The number of nitrogens with one attached hydrogen (secondary N) is 1. The molecule has 0 atom stereocenters. The van der Waals surface area contributed by atoms with E-state index in [1.165, 1.54) is 55.1 Å². The number of rotatable bonds is 6. The van der Waals surface area contributed by atoms with Gasteiger partial charge in [-0.05, 0) is 49.3 Å². The Morgan fingerprint density at radius 2 is 1.94 bits per heavy atom. The molecule has 0 amide bonds. The van der Waals surface area contributed by atoms with Crippen LogP contribution in [0.15, 0.2) is 28.7 Å². The molecule has 1 N–H and O–H groups in total. The van der Waals surface area contributed by atoms with Gasteiger partial charge in [-0.25, -0.2) is 0 Å². The van der Waals surface area contributed by atoms with E-state index in [0.29, 0.717) is 5.41 Å². The lowest BCUT2D eigenvalue weighted by atomic mass is 9.80. The van der Waals surface area contributed by atoms with Crippen LogP contribution < -0.4 is 5.32 Å². The van der Waals surface area contributed by atoms with Crippen molar-refractivity contribution in [3.8, 4) is 0 Å². The van der Waals surface area contributed by atoms with Gasteiger partial charge in [0.2, 0.25) is 0 Å². The van der Waals surface area contributed by atoms with E-state index in [1.807, 2.05) is 0 Å². The fourth-order valence-corrected chi connectivity index (χ4v) is 3.54. The minimum Gasteiger partial charge on any atom is -0.316 e. The summed E-state index contributed by atoms with van der Waals surface area (Å²) in [6.45, 7) is 4.57. The molecule has 2 heteroatoms. The van der Waals surface area contributed by atoms with Gasteiger partial charge in [-0.2, -0.15) is 0 Å². The van der Waals surface area contributed by atoms with Crippen LogP contribution in [0.3, 0.4) is 0 Å². The van der Waals surface area contributed by atoms with Crippen molar-refractivity contribution in [2.24, 2.45) is 5.41 Å². The summed E-state index contributed by atoms with van der Waals surface area (Å²) < 4.78 is 1.27. The lowest BCUT2D eigenvalue weighted by Crippen LogP contribution is -2.34. The van der Waals surface area contributed by atoms with Crippen LogP contribution in [0.25, 0.3) is 0 Å². The van der Waals surface area contributed by atoms with Gasteiger partial charge in [0, 0.05) is 11.0 Å². The van der Waals surface area contributed by atoms with Gasteiger partial charge in [-0.3, -0.25) is 0 Å². The number of hydrogen-bond acceptors (Lipinski definition) is 1. The van der Waals surface area contributed by atoms with Gasteiger partial charge < -0.3 is 5.32 Å². The Hall–Kier alpha value is -0.340. The molecule has 1 nitrogen and oxygen atoms in total. The van der Waals surface area contributed by atoms with Crippen LogP contribution in [0.4, 0.5) is 0 Å². The molecule has 0 heterocycles. The van der Waals surface area contributed by atoms with E-state index in [9.17, 15) is 0 Å². The first-order chi connectivity index (χ1) is 8.76. The van der Waals surface area contributed by atoms with Crippen LogP contribution in [0.2, 0.25) is 0 Å². The number of halogens is 1. The second-order valence-electron chi connectivity index (χ2n) is 5.65. The molecule has 0 saturated heterocycles. The summed E-state index contributed by atoms with van der Waals surface area (Å²) in [5.41, 5.74) is 1.97. The van der Waals surface area contributed by atoms with Gasteiger partial charge >= 0.3 is 0 Å². The predicted octanol–water partition coefficient (Wildman–Crippen LogP) is 4.55. The van der Waals surface area contributed by atoms with E-state index >= 15 is 0 Å². The van der Waals surface area contributed by atoms with Gasteiger partial charge in [0.25, 0.3) is 0 Å². The summed E-state index contributed by atoms with van der Waals surface area (Å²) in [7, 11) is 0. The topological polar surface area (TPSA) is 12.0 Å². The van der Waals surface area contributed by atoms with Crippen molar-refractivity contribution in [2.45, 2.75) is 45.4 Å². The molecule has 1 aromatic rings. The Kier molecular flexibility index (Phi) is 5.25. The van der Waals surface area contributed by atoms with E-state index in [4.69, 9.17) is 0 Å². The van der Waals surface area contributed by atoms with Crippen molar-refractivity contribution in [2.75, 3.05) is 13.1 Å². The second-order valence-corrected chi connectivity index (χ2v) is 6.51. The molecule has 0 unspecified atom stereocenters. The molecule has 1 aliphatic rings. The molecular weight excluding hydrogens is 286 g/mol. The fraction of sp³-hybridized carbons (Fsp3) is 0.625. The zero-order chi connectivity index (χ0) is 12.8. The van der Waals surface area contributed by atoms with Crippen molar-refractivity contribution in [1.82, 2.24) is 5.32 Å². The third kappa shape index (κ3) is 3.58. The summed E-state index contributed by atoms with van der Waals surface area (Å²) in [6.07, 6.45) is 8.00. The summed E-state index contributed by atoms with van der Waals surface area (Å²) in [5, 5.41) is 3.64. The standard InChI is InChI=1S/C16H24BrN/c1-2-11-18-13-16(9-5-6-10-16)12-14-7-3-4-8-15(14)17/h3-4,7-8,18H,2,5-6,9-13H2,1H3. The molecular formula is C16H24BrN. The molecule has 1 aliphatic carbocycles. The summed E-state index contributed by atoms with van der Waals surface area (Å²) in [4.78, 5) is 0. The third-order valence-electron chi connectivity index (χ3n) is 4.11. The molecule has 18 heavy (non-hydrogen) atoms. The van der Waals surface area contributed by atoms with Gasteiger partial charge in [0.05, 0.1) is 0 Å². The lowest BCUT2D eigenvalue weighted by molar-refractivity contribution is 0.278. The van der Waals surface area contributed by atoms with Crippen LogP contribution >= 0.6 is 15.9 Å². The lowest BCUT2D eigenvalue weighted by Gasteiger charge is -2.30. The minimum absolute atomic E-state index is 0.499. The maximum absolute atomic E-state index is 3.69. The fourth-order valence-electron chi connectivity index (χ4n) is 3.12. The van der Waals surface area contributed by atoms with Crippen LogP contribution in [0.5, 0.6) is 0 Å². The maximum Gasteiger partial charge on any atom is 0.0207 e. The zero-order valence-corrected chi connectivity index (χ0v) is 12.9. The van der Waals surface area contributed by atoms with Crippen molar-refractivity contribution in [3.05, 3.63) is 34.3 Å². The van der Waals surface area contributed by atoms with Crippen LogP contribution in [-0.4, -0.2) is 13.1 Å². The molecule has 1 saturated carbocycles. The number of hydrogen-bond donors (Lipinski definition) is 1. The van der Waals surface area contributed by atoms with Gasteiger partial charge in [-0.15, -0.1) is 0 Å². The first-order valence-electron chi connectivity index (χ1n) is 7.20. The Morgan fingerprint density at radius 3 is 2.61 bits per heavy atom. The van der Waals surface area contributed by atoms with E-state index in [-0.39, 0.29) is 0 Å². The molecule has 0 bridgehead atoms. The first kappa shape index (κ1) is 14.1.